The third kappa shape index (κ3) is 4.18. The van der Waals surface area contributed by atoms with Crippen molar-refractivity contribution < 1.29 is 22.5 Å². The molecule has 1 heterocycles. The Labute approximate surface area is 146 Å². The quantitative estimate of drug-likeness (QED) is 0.777. The lowest BCUT2D eigenvalue weighted by atomic mass is 10.1. The topological polar surface area (TPSA) is 111 Å². The van der Waals surface area contributed by atoms with Gasteiger partial charge in [-0.1, -0.05) is 18.1 Å². The van der Waals surface area contributed by atoms with E-state index in [0.29, 0.717) is 29.8 Å². The number of benzene rings is 1. The molecule has 0 fully saturated rings. The largest absolute Gasteiger partial charge is 0.495 e. The fourth-order valence-corrected chi connectivity index (χ4v) is 3.64. The van der Waals surface area contributed by atoms with E-state index in [1.165, 1.54) is 20.1 Å². The van der Waals surface area contributed by atoms with E-state index in [1.54, 1.807) is 19.1 Å². The fraction of sp³-hybridized carbons (Fsp3) is 0.375. The molecule has 0 bridgehead atoms. The van der Waals surface area contributed by atoms with Crippen LogP contribution in [0.15, 0.2) is 27.6 Å². The van der Waals surface area contributed by atoms with E-state index in [1.807, 2.05) is 6.92 Å². The molecule has 1 aromatic carbocycles. The van der Waals surface area contributed by atoms with Crippen molar-refractivity contribution >= 4 is 21.8 Å². The van der Waals surface area contributed by atoms with Crippen LogP contribution in [-0.2, 0) is 14.8 Å². The van der Waals surface area contributed by atoms with Gasteiger partial charge in [0.25, 0.3) is 0 Å². The monoisotopic (exact) mass is 367 g/mol. The Morgan fingerprint density at radius 3 is 2.68 bits per heavy atom. The Bertz CT molecular complexity index is 874. The summed E-state index contributed by atoms with van der Waals surface area (Å²) in [6.07, 6.45) is 0.665. The molecule has 25 heavy (non-hydrogen) atoms. The number of nitrogens with zero attached hydrogens (tertiary/aromatic N) is 1. The molecule has 9 heteroatoms. The highest BCUT2D eigenvalue weighted by molar-refractivity contribution is 7.89. The molecule has 2 aromatic rings. The summed E-state index contributed by atoms with van der Waals surface area (Å²) in [5.41, 5.74) is 1.59. The number of nitrogens with one attached hydrogen (secondary N) is 2. The molecule has 0 atom stereocenters. The minimum atomic E-state index is -3.74. The molecular weight excluding hydrogens is 346 g/mol. The van der Waals surface area contributed by atoms with E-state index in [0.717, 1.165) is 0 Å². The second kappa shape index (κ2) is 7.66. The van der Waals surface area contributed by atoms with Gasteiger partial charge < -0.3 is 9.26 Å². The van der Waals surface area contributed by atoms with Crippen LogP contribution in [0.1, 0.15) is 26.0 Å². The molecule has 2 rings (SSSR count). The number of anilines is 1. The van der Waals surface area contributed by atoms with Crippen LogP contribution in [0.4, 0.5) is 5.88 Å². The van der Waals surface area contributed by atoms with Gasteiger partial charge in [-0.3, -0.25) is 10.1 Å². The molecule has 0 aliphatic heterocycles. The molecule has 0 saturated heterocycles. The second-order valence-corrected chi connectivity index (χ2v) is 7.15. The van der Waals surface area contributed by atoms with E-state index >= 15 is 0 Å². The highest BCUT2D eigenvalue weighted by Crippen LogP contribution is 2.35. The summed E-state index contributed by atoms with van der Waals surface area (Å²) in [7, 11) is -2.34. The maximum absolute atomic E-state index is 12.5. The van der Waals surface area contributed by atoms with Crippen molar-refractivity contribution in [1.82, 2.24) is 9.88 Å². The van der Waals surface area contributed by atoms with Crippen LogP contribution in [0.3, 0.4) is 0 Å². The summed E-state index contributed by atoms with van der Waals surface area (Å²) < 4.78 is 37.9. The van der Waals surface area contributed by atoms with Gasteiger partial charge in [-0.25, -0.2) is 13.1 Å². The van der Waals surface area contributed by atoms with Crippen molar-refractivity contribution in [2.24, 2.45) is 0 Å². The lowest BCUT2D eigenvalue weighted by molar-refractivity contribution is -0.114. The van der Waals surface area contributed by atoms with Crippen LogP contribution < -0.4 is 14.8 Å². The number of carbonyl (C=O) groups is 1. The third-order valence-corrected chi connectivity index (χ3v) is 4.92. The Balaban J connectivity index is 2.57. The number of rotatable bonds is 7. The normalized spacial score (nSPS) is 11.4. The number of hydrogen-bond acceptors (Lipinski definition) is 6. The standard InChI is InChI=1S/C16H21N3O5S/c1-5-8-17-25(21,22)14-9-12(6-7-13(14)23-4)15-10(2)19-24-16(15)18-11(3)20/h6-7,9,17H,5,8H2,1-4H3,(H,18,20). The van der Waals surface area contributed by atoms with Crippen LogP contribution in [-0.4, -0.2) is 33.1 Å². The number of ether oxygens (including phenoxy) is 1. The number of carbonyl (C=O) groups excluding carboxylic acids is 1. The lowest BCUT2D eigenvalue weighted by Gasteiger charge is -2.12. The van der Waals surface area contributed by atoms with Gasteiger partial charge >= 0.3 is 0 Å². The zero-order valence-electron chi connectivity index (χ0n) is 14.5. The molecule has 136 valence electrons. The average Bonchev–Trinajstić information content (AvgIpc) is 2.92. The fourth-order valence-electron chi connectivity index (χ4n) is 2.31. The van der Waals surface area contributed by atoms with E-state index in [-0.39, 0.29) is 22.4 Å². The SMILES string of the molecule is CCCNS(=O)(=O)c1cc(-c2c(C)noc2NC(C)=O)ccc1OC. The first kappa shape index (κ1) is 18.9. The number of aromatic nitrogens is 1. The highest BCUT2D eigenvalue weighted by atomic mass is 32.2. The first-order valence-corrected chi connectivity index (χ1v) is 9.20. The van der Waals surface area contributed by atoms with Crippen LogP contribution in [0.25, 0.3) is 11.1 Å². The molecule has 1 aromatic heterocycles. The smallest absolute Gasteiger partial charge is 0.244 e. The van der Waals surface area contributed by atoms with Crippen molar-refractivity contribution in [3.05, 3.63) is 23.9 Å². The zero-order valence-corrected chi connectivity index (χ0v) is 15.4. The average molecular weight is 367 g/mol. The van der Waals surface area contributed by atoms with Crippen LogP contribution >= 0.6 is 0 Å². The second-order valence-electron chi connectivity index (χ2n) is 5.42. The third-order valence-electron chi connectivity index (χ3n) is 3.44. The van der Waals surface area contributed by atoms with Gasteiger partial charge in [-0.05, 0) is 31.0 Å². The number of hydrogen-bond donors (Lipinski definition) is 2. The number of sulfonamides is 1. The molecule has 0 aliphatic carbocycles. The Hall–Kier alpha value is -2.39. The molecule has 0 saturated carbocycles. The molecule has 0 aliphatic rings. The predicted molar refractivity (Wildman–Crippen MR) is 93.0 cm³/mol. The highest BCUT2D eigenvalue weighted by Gasteiger charge is 2.23. The van der Waals surface area contributed by atoms with Gasteiger partial charge in [0.15, 0.2) is 0 Å². The lowest BCUT2D eigenvalue weighted by Crippen LogP contribution is -2.24. The summed E-state index contributed by atoms with van der Waals surface area (Å²) in [4.78, 5) is 11.3. The van der Waals surface area contributed by atoms with E-state index in [9.17, 15) is 13.2 Å². The Morgan fingerprint density at radius 2 is 2.08 bits per heavy atom. The van der Waals surface area contributed by atoms with Gasteiger partial charge in [0.2, 0.25) is 21.8 Å². The molecule has 2 N–H and O–H groups in total. The van der Waals surface area contributed by atoms with Crippen molar-refractivity contribution in [3.8, 4) is 16.9 Å². The van der Waals surface area contributed by atoms with E-state index < -0.39 is 10.0 Å². The molecule has 8 nitrogen and oxygen atoms in total. The van der Waals surface area contributed by atoms with Gasteiger partial charge in [-0.2, -0.15) is 0 Å². The molecule has 1 amide bonds. The maximum atomic E-state index is 12.5. The first-order valence-electron chi connectivity index (χ1n) is 7.72. The van der Waals surface area contributed by atoms with Gasteiger partial charge in [-0.15, -0.1) is 0 Å². The van der Waals surface area contributed by atoms with Crippen LogP contribution in [0, 0.1) is 6.92 Å². The maximum Gasteiger partial charge on any atom is 0.244 e. The van der Waals surface area contributed by atoms with Gasteiger partial charge in [0.1, 0.15) is 10.6 Å². The van der Waals surface area contributed by atoms with E-state index in [4.69, 9.17) is 9.26 Å². The summed E-state index contributed by atoms with van der Waals surface area (Å²) >= 11 is 0. The Morgan fingerprint density at radius 1 is 1.36 bits per heavy atom. The summed E-state index contributed by atoms with van der Waals surface area (Å²) in [5.74, 6) is 0.0749. The summed E-state index contributed by atoms with van der Waals surface area (Å²) in [6.45, 7) is 5.24. The predicted octanol–water partition coefficient (Wildman–Crippen LogP) is 2.31. The van der Waals surface area contributed by atoms with Crippen molar-refractivity contribution in [2.75, 3.05) is 19.0 Å². The number of amides is 1. The summed E-state index contributed by atoms with van der Waals surface area (Å²) in [5, 5.41) is 6.39. The minimum absolute atomic E-state index is 0.00956. The molecule has 0 spiro atoms. The van der Waals surface area contributed by atoms with E-state index in [2.05, 4.69) is 15.2 Å². The van der Waals surface area contributed by atoms with Gasteiger partial charge in [0, 0.05) is 13.5 Å². The summed E-state index contributed by atoms with van der Waals surface area (Å²) in [6, 6.07) is 4.71. The Kier molecular flexibility index (Phi) is 5.81. The van der Waals surface area contributed by atoms with Gasteiger partial charge in [0.05, 0.1) is 18.4 Å². The molecule has 0 radical (unpaired) electrons. The molecule has 0 unspecified atom stereocenters. The van der Waals surface area contributed by atoms with Crippen LogP contribution in [0.2, 0.25) is 0 Å². The zero-order chi connectivity index (χ0) is 18.6. The van der Waals surface area contributed by atoms with Crippen molar-refractivity contribution in [3.63, 3.8) is 0 Å². The molecular formula is C16H21N3O5S. The van der Waals surface area contributed by atoms with Crippen molar-refractivity contribution in [2.45, 2.75) is 32.1 Å². The number of aryl methyl sites for hydroxylation is 1. The van der Waals surface area contributed by atoms with Crippen LogP contribution in [0.5, 0.6) is 5.75 Å². The van der Waals surface area contributed by atoms with Crippen molar-refractivity contribution in [1.29, 1.82) is 0 Å². The minimum Gasteiger partial charge on any atom is -0.495 e. The number of methoxy groups -OCH3 is 1. The first-order chi connectivity index (χ1) is 11.8.